The summed E-state index contributed by atoms with van der Waals surface area (Å²) in [6, 6.07) is 5.40. The Morgan fingerprint density at radius 1 is 1.18 bits per heavy atom. The highest BCUT2D eigenvalue weighted by Crippen LogP contribution is 2.33. The van der Waals surface area contributed by atoms with Gasteiger partial charge in [0.05, 0.1) is 0 Å². The first-order valence-corrected chi connectivity index (χ1v) is 8.26. The highest BCUT2D eigenvalue weighted by molar-refractivity contribution is 7.99. The van der Waals surface area contributed by atoms with Crippen molar-refractivity contribution in [2.75, 3.05) is 5.73 Å². The molecule has 0 saturated heterocycles. The van der Waals surface area contributed by atoms with Crippen LogP contribution in [0.2, 0.25) is 10.0 Å². The molecule has 0 spiro atoms. The highest BCUT2D eigenvalue weighted by atomic mass is 35.5. The number of nitrogens with two attached hydrogens (primary N) is 1. The molecule has 0 aliphatic rings. The van der Waals surface area contributed by atoms with Gasteiger partial charge in [-0.25, -0.2) is 15.0 Å². The van der Waals surface area contributed by atoms with Gasteiger partial charge in [-0.05, 0) is 24.6 Å². The molecule has 0 radical (unpaired) electrons. The molecule has 0 saturated carbocycles. The van der Waals surface area contributed by atoms with E-state index in [0.29, 0.717) is 21.4 Å². The first kappa shape index (κ1) is 15.4. The third-order valence-electron chi connectivity index (χ3n) is 3.02. The Kier molecular flexibility index (Phi) is 4.42. The van der Waals surface area contributed by atoms with E-state index < -0.39 is 0 Å². The summed E-state index contributed by atoms with van der Waals surface area (Å²) in [6.45, 7) is 2.89. The molecule has 2 aromatic heterocycles. The van der Waals surface area contributed by atoms with E-state index in [0.717, 1.165) is 28.7 Å². The Labute approximate surface area is 141 Å². The number of halogens is 2. The van der Waals surface area contributed by atoms with Crippen LogP contribution in [0.15, 0.2) is 34.6 Å². The van der Waals surface area contributed by atoms with Crippen molar-refractivity contribution >= 4 is 51.9 Å². The predicted molar refractivity (Wildman–Crippen MR) is 90.6 cm³/mol. The van der Waals surface area contributed by atoms with Gasteiger partial charge >= 0.3 is 0 Å². The number of fused-ring (bicyclic) bond motifs is 1. The van der Waals surface area contributed by atoms with Crippen LogP contribution < -0.4 is 5.73 Å². The predicted octanol–water partition coefficient (Wildman–Crippen LogP) is 4.28. The maximum absolute atomic E-state index is 6.05. The molecule has 3 rings (SSSR count). The van der Waals surface area contributed by atoms with Crippen molar-refractivity contribution in [2.24, 2.45) is 0 Å². The first-order valence-electron chi connectivity index (χ1n) is 6.69. The van der Waals surface area contributed by atoms with Crippen LogP contribution in [-0.4, -0.2) is 19.5 Å². The number of anilines is 1. The maximum atomic E-state index is 6.05. The molecule has 0 aliphatic heterocycles. The van der Waals surface area contributed by atoms with Crippen molar-refractivity contribution in [3.05, 3.63) is 34.6 Å². The normalized spacial score (nSPS) is 11.2. The number of aryl methyl sites for hydroxylation is 1. The van der Waals surface area contributed by atoms with E-state index >= 15 is 0 Å². The molecule has 2 heterocycles. The monoisotopic (exact) mass is 353 g/mol. The van der Waals surface area contributed by atoms with Crippen LogP contribution in [0.5, 0.6) is 0 Å². The second kappa shape index (κ2) is 6.32. The zero-order valence-corrected chi connectivity index (χ0v) is 14.1. The summed E-state index contributed by atoms with van der Waals surface area (Å²) in [5.41, 5.74) is 7.26. The number of nitrogen functional groups attached to an aromatic ring is 1. The molecule has 22 heavy (non-hydrogen) atoms. The lowest BCUT2D eigenvalue weighted by molar-refractivity contribution is 0.633. The molecule has 0 bridgehead atoms. The highest BCUT2D eigenvalue weighted by Gasteiger charge is 2.15. The minimum absolute atomic E-state index is 0.380. The molecular formula is C14H13Cl2N5S. The fraction of sp³-hybridized carbons (Fsp3) is 0.214. The van der Waals surface area contributed by atoms with Gasteiger partial charge in [-0.2, -0.15) is 0 Å². The minimum Gasteiger partial charge on any atom is -0.382 e. The molecule has 0 aliphatic carbocycles. The standard InChI is InChI=1S/C14H13Cl2N5S/c1-2-3-21-13-11(12(17)18-7-19-13)20-14(21)22-10-5-8(15)4-9(16)6-10/h4-7H,2-3H2,1H3,(H2,17,18,19). The number of hydrogen-bond donors (Lipinski definition) is 1. The maximum Gasteiger partial charge on any atom is 0.175 e. The first-order chi connectivity index (χ1) is 10.6. The molecular weight excluding hydrogens is 341 g/mol. The summed E-state index contributed by atoms with van der Waals surface area (Å²) >= 11 is 13.6. The number of nitrogens with zero attached hydrogens (tertiary/aromatic N) is 4. The van der Waals surface area contributed by atoms with Crippen molar-refractivity contribution in [1.82, 2.24) is 19.5 Å². The molecule has 5 nitrogen and oxygen atoms in total. The Bertz CT molecular complexity index is 813. The zero-order valence-electron chi connectivity index (χ0n) is 11.8. The smallest absolute Gasteiger partial charge is 0.175 e. The summed E-state index contributed by atoms with van der Waals surface area (Å²) in [7, 11) is 0. The van der Waals surface area contributed by atoms with Crippen molar-refractivity contribution in [3.63, 3.8) is 0 Å². The Hall–Kier alpha value is -1.50. The summed E-state index contributed by atoms with van der Waals surface area (Å²) in [4.78, 5) is 13.8. The minimum atomic E-state index is 0.380. The third-order valence-corrected chi connectivity index (χ3v) is 4.42. The topological polar surface area (TPSA) is 69.6 Å². The molecule has 8 heteroatoms. The van der Waals surface area contributed by atoms with Gasteiger partial charge in [0.15, 0.2) is 22.1 Å². The summed E-state index contributed by atoms with van der Waals surface area (Å²) in [6.07, 6.45) is 2.41. The van der Waals surface area contributed by atoms with E-state index in [4.69, 9.17) is 28.9 Å². The summed E-state index contributed by atoms with van der Waals surface area (Å²) < 4.78 is 2.03. The van der Waals surface area contributed by atoms with Crippen molar-refractivity contribution in [2.45, 2.75) is 29.9 Å². The van der Waals surface area contributed by atoms with Gasteiger partial charge in [0.1, 0.15) is 6.33 Å². The average Bonchev–Trinajstić information content (AvgIpc) is 2.78. The molecule has 1 aromatic carbocycles. The van der Waals surface area contributed by atoms with Gasteiger partial charge in [0.25, 0.3) is 0 Å². The van der Waals surface area contributed by atoms with Crippen molar-refractivity contribution in [3.8, 4) is 0 Å². The lowest BCUT2D eigenvalue weighted by atomic mass is 10.4. The molecule has 2 N–H and O–H groups in total. The van der Waals surface area contributed by atoms with Crippen LogP contribution in [-0.2, 0) is 6.54 Å². The van der Waals surface area contributed by atoms with Gasteiger partial charge in [0, 0.05) is 21.5 Å². The van der Waals surface area contributed by atoms with Gasteiger partial charge in [-0.1, -0.05) is 41.9 Å². The summed E-state index contributed by atoms with van der Waals surface area (Å²) in [5, 5.41) is 1.97. The lowest BCUT2D eigenvalue weighted by Crippen LogP contribution is -2.00. The largest absolute Gasteiger partial charge is 0.382 e. The number of imidazole rings is 1. The summed E-state index contributed by atoms with van der Waals surface area (Å²) in [5.74, 6) is 0.380. The van der Waals surface area contributed by atoms with Gasteiger partial charge < -0.3 is 10.3 Å². The van der Waals surface area contributed by atoms with Crippen LogP contribution in [0.3, 0.4) is 0 Å². The molecule has 0 amide bonds. The van der Waals surface area contributed by atoms with E-state index in [1.807, 2.05) is 16.7 Å². The quantitative estimate of drug-likeness (QED) is 0.757. The molecule has 0 atom stereocenters. The molecule has 114 valence electrons. The van der Waals surface area contributed by atoms with E-state index in [9.17, 15) is 0 Å². The fourth-order valence-electron chi connectivity index (χ4n) is 2.13. The van der Waals surface area contributed by atoms with Crippen LogP contribution in [0.1, 0.15) is 13.3 Å². The van der Waals surface area contributed by atoms with Crippen molar-refractivity contribution in [1.29, 1.82) is 0 Å². The Morgan fingerprint density at radius 3 is 2.59 bits per heavy atom. The van der Waals surface area contributed by atoms with E-state index in [-0.39, 0.29) is 0 Å². The van der Waals surface area contributed by atoms with Gasteiger partial charge in [-0.15, -0.1) is 0 Å². The molecule has 0 fully saturated rings. The number of aromatic nitrogens is 4. The van der Waals surface area contributed by atoms with E-state index in [1.54, 1.807) is 6.07 Å². The second-order valence-corrected chi connectivity index (χ2v) is 6.60. The van der Waals surface area contributed by atoms with E-state index in [1.165, 1.54) is 18.1 Å². The van der Waals surface area contributed by atoms with Crippen LogP contribution in [0.4, 0.5) is 5.82 Å². The lowest BCUT2D eigenvalue weighted by Gasteiger charge is -2.07. The third kappa shape index (κ3) is 2.99. The van der Waals surface area contributed by atoms with Gasteiger partial charge in [-0.3, -0.25) is 0 Å². The van der Waals surface area contributed by atoms with Crippen LogP contribution >= 0.6 is 35.0 Å². The number of benzene rings is 1. The second-order valence-electron chi connectivity index (χ2n) is 4.68. The van der Waals surface area contributed by atoms with Crippen LogP contribution in [0.25, 0.3) is 11.2 Å². The average molecular weight is 354 g/mol. The SMILES string of the molecule is CCCn1c(Sc2cc(Cl)cc(Cl)c2)nc2c(N)ncnc21. The van der Waals surface area contributed by atoms with Crippen LogP contribution in [0, 0.1) is 0 Å². The number of hydrogen-bond acceptors (Lipinski definition) is 5. The zero-order chi connectivity index (χ0) is 15.7. The number of rotatable bonds is 4. The van der Waals surface area contributed by atoms with Gasteiger partial charge in [0.2, 0.25) is 0 Å². The van der Waals surface area contributed by atoms with E-state index in [2.05, 4.69) is 21.9 Å². The molecule has 3 aromatic rings. The van der Waals surface area contributed by atoms with Crippen molar-refractivity contribution < 1.29 is 0 Å². The molecule has 0 unspecified atom stereocenters. The Balaban J connectivity index is 2.09. The Morgan fingerprint density at radius 2 is 1.91 bits per heavy atom. The fourth-order valence-corrected chi connectivity index (χ4v) is 3.79.